The predicted molar refractivity (Wildman–Crippen MR) is 181 cm³/mol. The van der Waals surface area contributed by atoms with Crippen LogP contribution in [0.5, 0.6) is 5.75 Å². The van der Waals surface area contributed by atoms with Crippen molar-refractivity contribution in [1.29, 1.82) is 0 Å². The van der Waals surface area contributed by atoms with E-state index in [-0.39, 0.29) is 44.3 Å². The van der Waals surface area contributed by atoms with Crippen LogP contribution in [0.25, 0.3) is 28.1 Å². The minimum absolute atomic E-state index is 0.00826. The molecule has 0 aliphatic carbocycles. The van der Waals surface area contributed by atoms with Crippen molar-refractivity contribution in [2.24, 2.45) is 0 Å². The van der Waals surface area contributed by atoms with Crippen molar-refractivity contribution in [3.63, 3.8) is 0 Å². The maximum Gasteiger partial charge on any atom is 0.349 e. The van der Waals surface area contributed by atoms with Crippen LogP contribution in [0.4, 0.5) is 4.39 Å². The molecule has 0 saturated heterocycles. The van der Waals surface area contributed by atoms with E-state index in [0.717, 1.165) is 27.7 Å². The van der Waals surface area contributed by atoms with Crippen molar-refractivity contribution in [2.75, 3.05) is 13.2 Å². The van der Waals surface area contributed by atoms with Crippen molar-refractivity contribution < 1.29 is 38.4 Å². The number of benzene rings is 3. The lowest BCUT2D eigenvalue weighted by atomic mass is 10.0. The van der Waals surface area contributed by atoms with E-state index in [2.05, 4.69) is 18.4 Å². The SMILES string of the molecule is CC(C)n1c(/C=C/[C@@H](O)C[C@@H](O)CC(=O)OCCCOC(=O)C(C)(C)Oc2ccc(Cl)cc2)c(-c2ccc(F)cc2)c2ccccc21. The van der Waals surface area contributed by atoms with Gasteiger partial charge >= 0.3 is 11.9 Å². The predicted octanol–water partition coefficient (Wildman–Crippen LogP) is 7.53. The molecule has 0 spiro atoms. The number of carbonyl (C=O) groups excluding carboxylic acids is 2. The van der Waals surface area contributed by atoms with Gasteiger partial charge in [0.25, 0.3) is 0 Å². The highest BCUT2D eigenvalue weighted by atomic mass is 35.5. The number of aliphatic hydroxyl groups is 2. The third-order valence-corrected chi connectivity index (χ3v) is 7.71. The molecule has 0 aliphatic heterocycles. The van der Waals surface area contributed by atoms with Gasteiger partial charge in [0.2, 0.25) is 0 Å². The molecule has 1 heterocycles. The summed E-state index contributed by atoms with van der Waals surface area (Å²) < 4.78 is 32.0. The number of rotatable bonds is 15. The van der Waals surface area contributed by atoms with E-state index in [1.165, 1.54) is 12.1 Å². The summed E-state index contributed by atoms with van der Waals surface area (Å²) in [6.45, 7) is 7.30. The molecule has 0 amide bonds. The van der Waals surface area contributed by atoms with E-state index in [4.69, 9.17) is 25.8 Å². The molecule has 3 aromatic carbocycles. The standard InChI is InChI=1S/C37H41ClFNO7/c1-24(2)40-32-9-6-5-8-31(32)35(25-10-14-27(39)15-11-25)33(40)19-16-28(41)22-29(42)23-34(43)45-20-7-21-46-36(44)37(3,4)47-30-17-12-26(38)13-18-30/h5-6,8-19,24,28-29,41-42H,7,20-23H2,1-4H3/b19-16+/t28-,29-/m1/s1. The number of para-hydroxylation sites is 1. The summed E-state index contributed by atoms with van der Waals surface area (Å²) in [4.78, 5) is 24.8. The molecule has 0 aliphatic rings. The number of ether oxygens (including phenoxy) is 3. The van der Waals surface area contributed by atoms with Gasteiger partial charge in [0.05, 0.1) is 31.8 Å². The van der Waals surface area contributed by atoms with E-state index in [0.29, 0.717) is 10.8 Å². The zero-order valence-corrected chi connectivity index (χ0v) is 27.7. The molecule has 4 aromatic rings. The average molecular weight is 666 g/mol. The Labute approximate surface area is 279 Å². The van der Waals surface area contributed by atoms with Crippen molar-refractivity contribution in [2.45, 2.75) is 70.8 Å². The highest BCUT2D eigenvalue weighted by Gasteiger charge is 2.32. The number of aliphatic hydroxyl groups excluding tert-OH is 2. The van der Waals surface area contributed by atoms with Gasteiger partial charge in [0, 0.05) is 46.1 Å². The third-order valence-electron chi connectivity index (χ3n) is 7.45. The average Bonchev–Trinajstić information content (AvgIpc) is 3.35. The van der Waals surface area contributed by atoms with Crippen LogP contribution < -0.4 is 4.74 Å². The summed E-state index contributed by atoms with van der Waals surface area (Å²) in [7, 11) is 0. The highest BCUT2D eigenvalue weighted by Crippen LogP contribution is 2.38. The zero-order chi connectivity index (χ0) is 34.1. The maximum absolute atomic E-state index is 13.7. The van der Waals surface area contributed by atoms with E-state index in [1.54, 1.807) is 62.4 Å². The maximum atomic E-state index is 13.7. The molecule has 250 valence electrons. The lowest BCUT2D eigenvalue weighted by Gasteiger charge is -2.24. The summed E-state index contributed by atoms with van der Waals surface area (Å²) in [6.07, 6.45) is 1.07. The summed E-state index contributed by atoms with van der Waals surface area (Å²) >= 11 is 5.88. The summed E-state index contributed by atoms with van der Waals surface area (Å²) in [6, 6.07) is 20.9. The van der Waals surface area contributed by atoms with Crippen LogP contribution in [0, 0.1) is 5.82 Å². The molecule has 2 atom stereocenters. The smallest absolute Gasteiger partial charge is 0.349 e. The van der Waals surface area contributed by atoms with Gasteiger partial charge in [-0.05, 0) is 81.8 Å². The van der Waals surface area contributed by atoms with Gasteiger partial charge in [-0.2, -0.15) is 0 Å². The van der Waals surface area contributed by atoms with Crippen LogP contribution in [0.3, 0.4) is 0 Å². The molecule has 8 nitrogen and oxygen atoms in total. The van der Waals surface area contributed by atoms with E-state index in [9.17, 15) is 24.2 Å². The van der Waals surface area contributed by atoms with Crippen LogP contribution in [0.15, 0.2) is 78.9 Å². The van der Waals surface area contributed by atoms with Crippen molar-refractivity contribution in [1.82, 2.24) is 4.57 Å². The molecule has 4 rings (SSSR count). The largest absolute Gasteiger partial charge is 0.476 e. The Hall–Kier alpha value is -4.18. The highest BCUT2D eigenvalue weighted by molar-refractivity contribution is 6.30. The lowest BCUT2D eigenvalue weighted by molar-refractivity contribution is -0.160. The number of esters is 2. The van der Waals surface area contributed by atoms with Crippen LogP contribution in [0.2, 0.25) is 5.02 Å². The summed E-state index contributed by atoms with van der Waals surface area (Å²) in [5, 5.41) is 22.8. The van der Waals surface area contributed by atoms with E-state index in [1.807, 2.05) is 24.3 Å². The second-order valence-electron chi connectivity index (χ2n) is 12.0. The number of hydrogen-bond donors (Lipinski definition) is 2. The fraction of sp³-hybridized carbons (Fsp3) is 0.351. The molecule has 0 unspecified atom stereocenters. The van der Waals surface area contributed by atoms with Gasteiger partial charge in [-0.15, -0.1) is 0 Å². The van der Waals surface area contributed by atoms with Gasteiger partial charge in [0.1, 0.15) is 11.6 Å². The zero-order valence-electron chi connectivity index (χ0n) is 27.0. The first-order valence-electron chi connectivity index (χ1n) is 15.6. The van der Waals surface area contributed by atoms with Crippen LogP contribution >= 0.6 is 11.6 Å². The number of fused-ring (bicyclic) bond motifs is 1. The Bertz CT molecular complexity index is 1680. The third kappa shape index (κ3) is 9.67. The first kappa shape index (κ1) is 35.7. The normalized spacial score (nSPS) is 13.2. The first-order valence-corrected chi connectivity index (χ1v) is 15.9. The molecule has 10 heteroatoms. The first-order chi connectivity index (χ1) is 22.4. The fourth-order valence-corrected chi connectivity index (χ4v) is 5.37. The van der Waals surface area contributed by atoms with Gasteiger partial charge < -0.3 is 29.0 Å². The minimum Gasteiger partial charge on any atom is -0.476 e. The summed E-state index contributed by atoms with van der Waals surface area (Å²) in [5.74, 6) is -1.07. The second kappa shape index (κ2) is 16.1. The Kier molecular flexibility index (Phi) is 12.2. The molecule has 0 saturated carbocycles. The molecule has 0 radical (unpaired) electrons. The quantitative estimate of drug-likeness (QED) is 0.0998. The second-order valence-corrected chi connectivity index (χ2v) is 12.5. The Morgan fingerprint density at radius 2 is 1.62 bits per heavy atom. The van der Waals surface area contributed by atoms with Crippen molar-refractivity contribution in [3.05, 3.63) is 95.4 Å². The number of carbonyl (C=O) groups is 2. The van der Waals surface area contributed by atoms with Crippen LogP contribution in [-0.4, -0.2) is 57.7 Å². The number of nitrogens with zero attached hydrogens (tertiary/aromatic N) is 1. The minimum atomic E-state index is -1.24. The Morgan fingerprint density at radius 1 is 0.957 bits per heavy atom. The molecule has 1 aromatic heterocycles. The Balaban J connectivity index is 1.27. The molecular weight excluding hydrogens is 625 g/mol. The molecule has 47 heavy (non-hydrogen) atoms. The van der Waals surface area contributed by atoms with E-state index < -0.39 is 29.7 Å². The van der Waals surface area contributed by atoms with Crippen molar-refractivity contribution in [3.8, 4) is 16.9 Å². The number of hydrogen-bond acceptors (Lipinski definition) is 7. The lowest BCUT2D eigenvalue weighted by Crippen LogP contribution is -2.40. The van der Waals surface area contributed by atoms with E-state index >= 15 is 0 Å². The molecule has 2 N–H and O–H groups in total. The molecule has 0 fully saturated rings. The summed E-state index contributed by atoms with van der Waals surface area (Å²) in [5.41, 5.74) is 2.34. The van der Waals surface area contributed by atoms with Gasteiger partial charge in [-0.25, -0.2) is 9.18 Å². The topological polar surface area (TPSA) is 107 Å². The van der Waals surface area contributed by atoms with Crippen LogP contribution in [0.1, 0.15) is 58.7 Å². The van der Waals surface area contributed by atoms with Gasteiger partial charge in [0.15, 0.2) is 5.60 Å². The number of halogens is 2. The van der Waals surface area contributed by atoms with Gasteiger partial charge in [-0.3, -0.25) is 4.79 Å². The Morgan fingerprint density at radius 3 is 2.30 bits per heavy atom. The van der Waals surface area contributed by atoms with Crippen LogP contribution in [-0.2, 0) is 19.1 Å². The fourth-order valence-electron chi connectivity index (χ4n) is 5.24. The molecule has 0 bridgehead atoms. The van der Waals surface area contributed by atoms with Crippen molar-refractivity contribution >= 4 is 40.5 Å². The van der Waals surface area contributed by atoms with Gasteiger partial charge in [-0.1, -0.05) is 48.0 Å². The monoisotopic (exact) mass is 665 g/mol. The molecular formula is C37H41ClFNO7. The number of aromatic nitrogens is 1.